The molecule has 1 aliphatic heterocycles. The number of methoxy groups -OCH3 is 1. The Morgan fingerprint density at radius 2 is 1.71 bits per heavy atom. The quantitative estimate of drug-likeness (QED) is 0.543. The molecule has 0 bridgehead atoms. The van der Waals surface area contributed by atoms with Crippen molar-refractivity contribution in [3.63, 3.8) is 0 Å². The lowest BCUT2D eigenvalue weighted by atomic mass is 9.89. The van der Waals surface area contributed by atoms with Crippen LogP contribution in [0, 0.1) is 11.8 Å². The van der Waals surface area contributed by atoms with E-state index in [1.807, 2.05) is 26.2 Å². The van der Waals surface area contributed by atoms with E-state index in [-0.39, 0.29) is 47.7 Å². The molecule has 1 saturated heterocycles. The monoisotopic (exact) mass is 507 g/mol. The van der Waals surface area contributed by atoms with Crippen LogP contribution in [0.15, 0.2) is 46.7 Å². The molecule has 1 fully saturated rings. The second-order valence-electron chi connectivity index (χ2n) is 8.89. The van der Waals surface area contributed by atoms with E-state index in [1.165, 1.54) is 34.9 Å². The fourth-order valence-corrected chi connectivity index (χ4v) is 5.94. The molecule has 1 aliphatic rings. The molecule has 2 amide bonds. The Kier molecular flexibility index (Phi) is 8.72. The molecule has 0 saturated carbocycles. The first kappa shape index (κ1) is 26.2. The number of nitrogens with zero attached hydrogens (tertiary/aromatic N) is 1. The lowest BCUT2D eigenvalue weighted by molar-refractivity contribution is -0.125. The summed E-state index contributed by atoms with van der Waals surface area (Å²) in [6.45, 7) is 6.53. The van der Waals surface area contributed by atoms with E-state index in [0.717, 1.165) is 0 Å². The van der Waals surface area contributed by atoms with Crippen LogP contribution in [-0.4, -0.2) is 56.8 Å². The molecule has 0 radical (unpaired) electrons. The second-order valence-corrected chi connectivity index (χ2v) is 11.8. The van der Waals surface area contributed by atoms with Crippen molar-refractivity contribution in [2.75, 3.05) is 20.2 Å². The molecule has 2 heterocycles. The standard InChI is InChI=1S/C24H33N3O5S2/c1-16(2)17(3)25-24(29)22(26-23(28)21-6-5-15-33-21)18-11-13-27(14-12-18)34(30,31)20-9-7-19(32-4)8-10-20/h5-10,15-18,22H,11-14H2,1-4H3,(H,25,29)(H,26,28)/t17-,22-/m0/s1. The lowest BCUT2D eigenvalue weighted by Gasteiger charge is -2.35. The lowest BCUT2D eigenvalue weighted by Crippen LogP contribution is -2.55. The number of hydrogen-bond donors (Lipinski definition) is 2. The summed E-state index contributed by atoms with van der Waals surface area (Å²) < 4.78 is 32.7. The number of ether oxygens (including phenoxy) is 1. The maximum absolute atomic E-state index is 13.2. The SMILES string of the molecule is COc1ccc(S(=O)(=O)N2CCC([C@H](NC(=O)c3cccs3)C(=O)N[C@@H](C)C(C)C)CC2)cc1. The van der Waals surface area contributed by atoms with Gasteiger partial charge in [-0.1, -0.05) is 19.9 Å². The van der Waals surface area contributed by atoms with Gasteiger partial charge in [0, 0.05) is 19.1 Å². The zero-order valence-electron chi connectivity index (χ0n) is 20.0. The highest BCUT2D eigenvalue weighted by atomic mass is 32.2. The maximum atomic E-state index is 13.2. The second kappa shape index (κ2) is 11.3. The number of carbonyl (C=O) groups excluding carboxylic acids is 2. The predicted molar refractivity (Wildman–Crippen MR) is 132 cm³/mol. The third-order valence-corrected chi connectivity index (χ3v) is 9.13. The molecule has 2 aromatic rings. The van der Waals surface area contributed by atoms with E-state index in [4.69, 9.17) is 4.74 Å². The first-order valence-electron chi connectivity index (χ1n) is 11.4. The summed E-state index contributed by atoms with van der Waals surface area (Å²) in [7, 11) is -2.13. The molecule has 3 rings (SSSR count). The van der Waals surface area contributed by atoms with Crippen LogP contribution in [0.4, 0.5) is 0 Å². The molecule has 1 aromatic carbocycles. The van der Waals surface area contributed by atoms with Crippen LogP contribution in [0.5, 0.6) is 5.75 Å². The van der Waals surface area contributed by atoms with Gasteiger partial charge in [-0.2, -0.15) is 4.31 Å². The van der Waals surface area contributed by atoms with Crippen LogP contribution >= 0.6 is 11.3 Å². The molecule has 186 valence electrons. The summed E-state index contributed by atoms with van der Waals surface area (Å²) in [5.41, 5.74) is 0. The van der Waals surface area contributed by atoms with Crippen molar-refractivity contribution in [1.29, 1.82) is 0 Å². The Morgan fingerprint density at radius 3 is 2.24 bits per heavy atom. The average Bonchev–Trinajstić information content (AvgIpc) is 3.37. The molecule has 2 N–H and O–H groups in total. The van der Waals surface area contributed by atoms with E-state index in [1.54, 1.807) is 24.3 Å². The van der Waals surface area contributed by atoms with Crippen molar-refractivity contribution >= 4 is 33.2 Å². The molecule has 8 nitrogen and oxygen atoms in total. The maximum Gasteiger partial charge on any atom is 0.262 e. The highest BCUT2D eigenvalue weighted by Gasteiger charge is 2.37. The average molecular weight is 508 g/mol. The topological polar surface area (TPSA) is 105 Å². The minimum absolute atomic E-state index is 0.0517. The minimum Gasteiger partial charge on any atom is -0.497 e. The Balaban J connectivity index is 1.72. The van der Waals surface area contributed by atoms with Gasteiger partial charge in [-0.05, 0) is 67.3 Å². The highest BCUT2D eigenvalue weighted by Crippen LogP contribution is 2.27. The van der Waals surface area contributed by atoms with Gasteiger partial charge in [-0.25, -0.2) is 8.42 Å². The van der Waals surface area contributed by atoms with Crippen molar-refractivity contribution in [1.82, 2.24) is 14.9 Å². The van der Waals surface area contributed by atoms with Crippen LogP contribution in [0.1, 0.15) is 43.3 Å². The van der Waals surface area contributed by atoms with Crippen LogP contribution < -0.4 is 15.4 Å². The van der Waals surface area contributed by atoms with E-state index in [2.05, 4.69) is 10.6 Å². The van der Waals surface area contributed by atoms with Crippen molar-refractivity contribution in [3.8, 4) is 5.75 Å². The van der Waals surface area contributed by atoms with Gasteiger partial charge < -0.3 is 15.4 Å². The molecular formula is C24H33N3O5S2. The Bertz CT molecular complexity index is 1060. The van der Waals surface area contributed by atoms with Gasteiger partial charge in [0.2, 0.25) is 15.9 Å². The highest BCUT2D eigenvalue weighted by molar-refractivity contribution is 7.89. The van der Waals surface area contributed by atoms with Crippen LogP contribution in [0.3, 0.4) is 0 Å². The largest absolute Gasteiger partial charge is 0.497 e. The Morgan fingerprint density at radius 1 is 1.06 bits per heavy atom. The summed E-state index contributed by atoms with van der Waals surface area (Å²) in [6, 6.07) is 9.03. The van der Waals surface area contributed by atoms with E-state index in [9.17, 15) is 18.0 Å². The van der Waals surface area contributed by atoms with Gasteiger partial charge in [-0.3, -0.25) is 9.59 Å². The summed E-state index contributed by atoms with van der Waals surface area (Å²) in [5.74, 6) is 0.131. The van der Waals surface area contributed by atoms with Crippen LogP contribution in [0.25, 0.3) is 0 Å². The van der Waals surface area contributed by atoms with Crippen LogP contribution in [-0.2, 0) is 14.8 Å². The van der Waals surface area contributed by atoms with Crippen LogP contribution in [0.2, 0.25) is 0 Å². The number of sulfonamides is 1. The number of benzene rings is 1. The first-order valence-corrected chi connectivity index (χ1v) is 13.7. The van der Waals surface area contributed by atoms with E-state index >= 15 is 0 Å². The van der Waals surface area contributed by atoms with Gasteiger partial charge >= 0.3 is 0 Å². The van der Waals surface area contributed by atoms with Crippen molar-refractivity contribution in [2.24, 2.45) is 11.8 Å². The smallest absolute Gasteiger partial charge is 0.262 e. The van der Waals surface area contributed by atoms with Crippen molar-refractivity contribution in [2.45, 2.75) is 50.6 Å². The summed E-state index contributed by atoms with van der Waals surface area (Å²) >= 11 is 1.31. The Labute approximate surface area is 205 Å². The summed E-state index contributed by atoms with van der Waals surface area (Å²) in [6.07, 6.45) is 0.933. The fourth-order valence-electron chi connectivity index (χ4n) is 3.84. The van der Waals surface area contributed by atoms with Crippen molar-refractivity contribution < 1.29 is 22.7 Å². The van der Waals surface area contributed by atoms with Gasteiger partial charge in [0.25, 0.3) is 5.91 Å². The first-order chi connectivity index (χ1) is 16.1. The summed E-state index contributed by atoms with van der Waals surface area (Å²) in [4.78, 5) is 26.6. The molecule has 1 aromatic heterocycles. The molecule has 0 spiro atoms. The molecule has 2 atom stereocenters. The molecule has 34 heavy (non-hydrogen) atoms. The van der Waals surface area contributed by atoms with Gasteiger partial charge in [0.1, 0.15) is 11.8 Å². The zero-order chi connectivity index (χ0) is 24.9. The number of rotatable bonds is 9. The number of nitrogens with one attached hydrogen (secondary N) is 2. The third-order valence-electron chi connectivity index (χ3n) is 6.35. The predicted octanol–water partition coefficient (Wildman–Crippen LogP) is 3.12. The molecular weight excluding hydrogens is 474 g/mol. The molecule has 0 unspecified atom stereocenters. The minimum atomic E-state index is -3.65. The van der Waals surface area contributed by atoms with E-state index < -0.39 is 16.1 Å². The normalized spacial score (nSPS) is 17.2. The number of hydrogen-bond acceptors (Lipinski definition) is 6. The summed E-state index contributed by atoms with van der Waals surface area (Å²) in [5, 5.41) is 7.73. The number of amides is 2. The molecule has 10 heteroatoms. The number of carbonyl (C=O) groups is 2. The zero-order valence-corrected chi connectivity index (χ0v) is 21.6. The Hall–Kier alpha value is -2.43. The number of piperidine rings is 1. The van der Waals surface area contributed by atoms with Gasteiger partial charge in [0.15, 0.2) is 0 Å². The van der Waals surface area contributed by atoms with E-state index in [0.29, 0.717) is 23.5 Å². The van der Waals surface area contributed by atoms with Gasteiger partial charge in [0.05, 0.1) is 16.9 Å². The van der Waals surface area contributed by atoms with Crippen molar-refractivity contribution in [3.05, 3.63) is 46.7 Å². The number of thiophene rings is 1. The van der Waals surface area contributed by atoms with Gasteiger partial charge in [-0.15, -0.1) is 11.3 Å². The molecule has 0 aliphatic carbocycles. The third kappa shape index (κ3) is 6.17. The fraction of sp³-hybridized carbons (Fsp3) is 0.500.